The van der Waals surface area contributed by atoms with Crippen LogP contribution in [0.2, 0.25) is 0 Å². The van der Waals surface area contributed by atoms with E-state index in [4.69, 9.17) is 0 Å². The first-order chi connectivity index (χ1) is 6.65. The fourth-order valence-corrected chi connectivity index (χ4v) is 1.03. The number of nitrogens with zero attached hydrogens (tertiary/aromatic N) is 3. The zero-order valence-electron chi connectivity index (χ0n) is 7.93. The van der Waals surface area contributed by atoms with E-state index < -0.39 is 4.92 Å². The van der Waals surface area contributed by atoms with Gasteiger partial charge in [0.15, 0.2) is 0 Å². The maximum atomic E-state index is 10.6. The first-order valence-electron chi connectivity index (χ1n) is 4.18. The SMILES string of the molecule is C=CCCNc1nn(C)cc1[N+](=O)[O-]. The van der Waals surface area contributed by atoms with Crippen LogP contribution in [-0.4, -0.2) is 21.2 Å². The van der Waals surface area contributed by atoms with E-state index in [1.54, 1.807) is 13.1 Å². The predicted molar refractivity (Wildman–Crippen MR) is 53.2 cm³/mol. The molecule has 0 fully saturated rings. The molecule has 1 N–H and O–H groups in total. The standard InChI is InChI=1S/C8H12N4O2/c1-3-4-5-9-8-7(12(13)14)6-11(2)10-8/h3,6H,1,4-5H2,2H3,(H,9,10). The second kappa shape index (κ2) is 4.40. The quantitative estimate of drug-likeness (QED) is 0.333. The lowest BCUT2D eigenvalue weighted by Crippen LogP contribution is -2.03. The summed E-state index contributed by atoms with van der Waals surface area (Å²) >= 11 is 0. The molecule has 76 valence electrons. The lowest BCUT2D eigenvalue weighted by Gasteiger charge is -1.98. The normalized spacial score (nSPS) is 9.79. The highest BCUT2D eigenvalue weighted by Gasteiger charge is 2.17. The molecule has 0 aliphatic rings. The zero-order chi connectivity index (χ0) is 10.6. The van der Waals surface area contributed by atoms with Gasteiger partial charge in [-0.05, 0) is 6.42 Å². The van der Waals surface area contributed by atoms with Gasteiger partial charge in [-0.1, -0.05) is 6.08 Å². The minimum Gasteiger partial charge on any atom is -0.363 e. The molecule has 6 nitrogen and oxygen atoms in total. The number of hydrogen-bond donors (Lipinski definition) is 1. The van der Waals surface area contributed by atoms with Crippen LogP contribution in [0.1, 0.15) is 6.42 Å². The molecule has 1 heterocycles. The number of nitrogens with one attached hydrogen (secondary N) is 1. The second-order valence-electron chi connectivity index (χ2n) is 2.80. The van der Waals surface area contributed by atoms with Gasteiger partial charge in [-0.15, -0.1) is 11.7 Å². The molecule has 0 saturated carbocycles. The largest absolute Gasteiger partial charge is 0.363 e. The van der Waals surface area contributed by atoms with Gasteiger partial charge >= 0.3 is 5.69 Å². The van der Waals surface area contributed by atoms with E-state index in [2.05, 4.69) is 17.0 Å². The molecule has 0 amide bonds. The van der Waals surface area contributed by atoms with Gasteiger partial charge < -0.3 is 5.32 Å². The number of hydrogen-bond acceptors (Lipinski definition) is 4. The molecule has 1 rings (SSSR count). The predicted octanol–water partition coefficient (Wildman–Crippen LogP) is 1.32. The maximum Gasteiger partial charge on any atom is 0.330 e. The van der Waals surface area contributed by atoms with Crippen LogP contribution in [0.4, 0.5) is 11.5 Å². The van der Waals surface area contributed by atoms with Gasteiger partial charge in [0, 0.05) is 13.6 Å². The number of rotatable bonds is 5. The third-order valence-electron chi connectivity index (χ3n) is 1.65. The third kappa shape index (κ3) is 2.32. The van der Waals surface area contributed by atoms with Gasteiger partial charge in [-0.3, -0.25) is 14.8 Å². The Labute approximate surface area is 81.4 Å². The molecule has 0 radical (unpaired) electrons. The lowest BCUT2D eigenvalue weighted by molar-refractivity contribution is -0.384. The van der Waals surface area contributed by atoms with Crippen molar-refractivity contribution in [3.8, 4) is 0 Å². The summed E-state index contributed by atoms with van der Waals surface area (Å²) in [5, 5.41) is 17.4. The molecule has 0 aliphatic heterocycles. The molecule has 1 aromatic heterocycles. The average molecular weight is 196 g/mol. The molecule has 0 saturated heterocycles. The van der Waals surface area contributed by atoms with Crippen LogP contribution in [0.3, 0.4) is 0 Å². The Balaban J connectivity index is 2.74. The molecule has 0 atom stereocenters. The fourth-order valence-electron chi connectivity index (χ4n) is 1.03. The van der Waals surface area contributed by atoms with Gasteiger partial charge in [0.2, 0.25) is 5.82 Å². The smallest absolute Gasteiger partial charge is 0.330 e. The summed E-state index contributed by atoms with van der Waals surface area (Å²) in [5.74, 6) is 0.305. The Hall–Kier alpha value is -1.85. The van der Waals surface area contributed by atoms with Gasteiger partial charge in [0.05, 0.1) is 4.92 Å². The molecule has 0 bridgehead atoms. The van der Waals surface area contributed by atoms with Crippen molar-refractivity contribution in [2.45, 2.75) is 6.42 Å². The summed E-state index contributed by atoms with van der Waals surface area (Å²) in [4.78, 5) is 10.1. The second-order valence-corrected chi connectivity index (χ2v) is 2.80. The van der Waals surface area contributed by atoms with Crippen molar-refractivity contribution < 1.29 is 4.92 Å². The molecule has 14 heavy (non-hydrogen) atoms. The van der Waals surface area contributed by atoms with Gasteiger partial charge in [-0.2, -0.15) is 0 Å². The average Bonchev–Trinajstić information content (AvgIpc) is 2.47. The zero-order valence-corrected chi connectivity index (χ0v) is 7.93. The van der Waals surface area contributed by atoms with Crippen molar-refractivity contribution in [2.24, 2.45) is 7.05 Å². The van der Waals surface area contributed by atoms with Crippen molar-refractivity contribution in [1.82, 2.24) is 9.78 Å². The van der Waals surface area contributed by atoms with Crippen molar-refractivity contribution in [2.75, 3.05) is 11.9 Å². The fraction of sp³-hybridized carbons (Fsp3) is 0.375. The van der Waals surface area contributed by atoms with E-state index in [1.807, 2.05) is 0 Å². The van der Waals surface area contributed by atoms with Gasteiger partial charge in [0.1, 0.15) is 6.20 Å². The number of aryl methyl sites for hydroxylation is 1. The van der Waals surface area contributed by atoms with E-state index >= 15 is 0 Å². The molecule has 0 spiro atoms. The van der Waals surface area contributed by atoms with Crippen molar-refractivity contribution in [3.63, 3.8) is 0 Å². The summed E-state index contributed by atoms with van der Waals surface area (Å²) in [5.41, 5.74) is -0.00318. The highest BCUT2D eigenvalue weighted by molar-refractivity contribution is 5.54. The summed E-state index contributed by atoms with van der Waals surface area (Å²) in [6.45, 7) is 4.15. The van der Waals surface area contributed by atoms with E-state index in [1.165, 1.54) is 10.9 Å². The molecule has 6 heteroatoms. The van der Waals surface area contributed by atoms with Gasteiger partial charge in [-0.25, -0.2) is 0 Å². The van der Waals surface area contributed by atoms with Crippen molar-refractivity contribution in [3.05, 3.63) is 29.0 Å². The van der Waals surface area contributed by atoms with Crippen LogP contribution in [-0.2, 0) is 7.05 Å². The molecule has 0 aliphatic carbocycles. The highest BCUT2D eigenvalue weighted by Crippen LogP contribution is 2.20. The first-order valence-corrected chi connectivity index (χ1v) is 4.18. The van der Waals surface area contributed by atoms with Crippen LogP contribution in [0.15, 0.2) is 18.9 Å². The van der Waals surface area contributed by atoms with E-state index in [0.29, 0.717) is 12.4 Å². The molecule has 0 unspecified atom stereocenters. The summed E-state index contributed by atoms with van der Waals surface area (Å²) in [6.07, 6.45) is 3.85. The third-order valence-corrected chi connectivity index (χ3v) is 1.65. The Bertz CT molecular complexity index is 345. The van der Waals surface area contributed by atoms with Crippen LogP contribution < -0.4 is 5.32 Å². The van der Waals surface area contributed by atoms with E-state index in [0.717, 1.165) is 6.42 Å². The van der Waals surface area contributed by atoms with Crippen LogP contribution in [0, 0.1) is 10.1 Å². The van der Waals surface area contributed by atoms with Crippen LogP contribution in [0.5, 0.6) is 0 Å². The van der Waals surface area contributed by atoms with Crippen LogP contribution >= 0.6 is 0 Å². The number of nitro groups is 1. The molecule has 0 aromatic carbocycles. The summed E-state index contributed by atoms with van der Waals surface area (Å²) in [6, 6.07) is 0. The first kappa shape index (κ1) is 10.2. The van der Waals surface area contributed by atoms with Crippen molar-refractivity contribution in [1.29, 1.82) is 0 Å². The Morgan fingerprint density at radius 1 is 1.86 bits per heavy atom. The summed E-state index contributed by atoms with van der Waals surface area (Å²) < 4.78 is 1.41. The van der Waals surface area contributed by atoms with Crippen molar-refractivity contribution >= 4 is 11.5 Å². The monoisotopic (exact) mass is 196 g/mol. The minimum atomic E-state index is -0.455. The Morgan fingerprint density at radius 3 is 3.14 bits per heavy atom. The Kier molecular flexibility index (Phi) is 3.22. The molecular formula is C8H12N4O2. The number of anilines is 1. The van der Waals surface area contributed by atoms with Gasteiger partial charge in [0.25, 0.3) is 0 Å². The topological polar surface area (TPSA) is 73.0 Å². The minimum absolute atomic E-state index is 0.00318. The number of aromatic nitrogens is 2. The van der Waals surface area contributed by atoms with E-state index in [-0.39, 0.29) is 5.69 Å². The van der Waals surface area contributed by atoms with Crippen LogP contribution in [0.25, 0.3) is 0 Å². The lowest BCUT2D eigenvalue weighted by atomic mass is 10.4. The molecule has 1 aromatic rings. The maximum absolute atomic E-state index is 10.6. The van der Waals surface area contributed by atoms with E-state index in [9.17, 15) is 10.1 Å². The highest BCUT2D eigenvalue weighted by atomic mass is 16.6. The Morgan fingerprint density at radius 2 is 2.57 bits per heavy atom. The molecular weight excluding hydrogens is 184 g/mol. The summed E-state index contributed by atoms with van der Waals surface area (Å²) in [7, 11) is 1.64.